The Morgan fingerprint density at radius 2 is 1.17 bits per heavy atom. The van der Waals surface area contributed by atoms with Crippen LogP contribution in [0.25, 0.3) is 0 Å². The molecule has 0 atom stereocenters. The van der Waals surface area contributed by atoms with Crippen LogP contribution in [0.1, 0.15) is 20.9 Å². The Balaban J connectivity index is -0.000000286. The van der Waals surface area contributed by atoms with Crippen molar-refractivity contribution in [1.29, 1.82) is 0 Å². The van der Waals surface area contributed by atoms with Gasteiger partial charge >= 0.3 is 21.1 Å². The molecule has 0 bridgehead atoms. The van der Waals surface area contributed by atoms with Crippen molar-refractivity contribution in [3.8, 4) is 0 Å². The molecule has 4 heterocycles. The molecule has 0 saturated carbocycles. The van der Waals surface area contributed by atoms with Crippen molar-refractivity contribution < 1.29 is 86.5 Å². The molecule has 118 valence electrons. The van der Waals surface area contributed by atoms with Crippen molar-refractivity contribution in [2.24, 2.45) is 9.98 Å². The minimum atomic E-state index is 0. The first-order chi connectivity index (χ1) is 8.75. The van der Waals surface area contributed by atoms with E-state index in [0.29, 0.717) is 0 Å². The molecule has 23 heavy (non-hydrogen) atoms. The fourth-order valence-electron chi connectivity index (χ4n) is 1.95. The van der Waals surface area contributed by atoms with Gasteiger partial charge in [0.2, 0.25) is 0 Å². The third kappa shape index (κ3) is 7.04. The minimum Gasteiger partial charge on any atom is -0.455 e. The van der Waals surface area contributed by atoms with Crippen LogP contribution in [0.5, 0.6) is 0 Å². The van der Waals surface area contributed by atoms with Gasteiger partial charge in [-0.05, 0) is 24.6 Å². The number of hydrogen-bond donors (Lipinski definition) is 0. The molecule has 2 nitrogen and oxygen atoms in total. The Labute approximate surface area is 213 Å². The molecule has 2 radical (unpaired) electrons. The number of aryl methyl sites for hydroxylation is 2. The van der Waals surface area contributed by atoms with E-state index >= 15 is 0 Å². The summed E-state index contributed by atoms with van der Waals surface area (Å²) in [6, 6.07) is 0. The molecule has 0 N–H and O–H groups in total. The second kappa shape index (κ2) is 13.8. The van der Waals surface area contributed by atoms with Gasteiger partial charge in [-0.25, -0.2) is 0 Å². The first-order valence-electron chi connectivity index (χ1n) is 5.77. The summed E-state index contributed by atoms with van der Waals surface area (Å²) in [7, 11) is 0. The van der Waals surface area contributed by atoms with Crippen molar-refractivity contribution in [2.75, 3.05) is 0 Å². The van der Waals surface area contributed by atoms with Crippen molar-refractivity contribution in [3.63, 3.8) is 0 Å². The summed E-state index contributed by atoms with van der Waals surface area (Å²) in [5.74, 6) is 0. The number of aliphatic imine (C=N–C) groups is 2. The molecule has 0 fully saturated rings. The molecular weight excluding hydrogens is 646 g/mol. The van der Waals surface area contributed by atoms with Gasteiger partial charge in [0.05, 0.1) is 0 Å². The molecule has 2 aromatic rings. The predicted molar refractivity (Wildman–Crippen MR) is 92.5 cm³/mol. The molecular formula is C16H18N2S2WY2-2. The summed E-state index contributed by atoms with van der Waals surface area (Å²) in [6.45, 7) is 4.19. The molecule has 4 rings (SSSR count). The van der Waals surface area contributed by atoms with E-state index in [9.17, 15) is 0 Å². The van der Waals surface area contributed by atoms with E-state index in [1.807, 2.05) is 0 Å². The fourth-order valence-corrected chi connectivity index (χ4v) is 3.56. The second-order valence-corrected chi connectivity index (χ2v) is 6.39. The van der Waals surface area contributed by atoms with E-state index in [1.165, 1.54) is 32.3 Å². The maximum atomic E-state index is 4.12. The van der Waals surface area contributed by atoms with Crippen LogP contribution in [0, 0.1) is 28.7 Å². The van der Waals surface area contributed by atoms with Gasteiger partial charge in [0.1, 0.15) is 0 Å². The van der Waals surface area contributed by atoms with Crippen LogP contribution in [0.3, 0.4) is 0 Å². The van der Waals surface area contributed by atoms with Crippen LogP contribution in [0.4, 0.5) is 11.4 Å². The smallest absolute Gasteiger partial charge is 0.455 e. The summed E-state index contributed by atoms with van der Waals surface area (Å²) >= 11 is 3.55. The van der Waals surface area contributed by atoms with E-state index in [4.69, 9.17) is 0 Å². The van der Waals surface area contributed by atoms with E-state index in [0.717, 1.165) is 12.8 Å². The summed E-state index contributed by atoms with van der Waals surface area (Å²) < 4.78 is 0. The second-order valence-electron chi connectivity index (χ2n) is 4.22. The van der Waals surface area contributed by atoms with Gasteiger partial charge in [0.15, 0.2) is 0 Å². The third-order valence-corrected chi connectivity index (χ3v) is 4.85. The van der Waals surface area contributed by atoms with Gasteiger partial charge in [-0.3, -0.25) is 0 Å². The van der Waals surface area contributed by atoms with Gasteiger partial charge in [0.25, 0.3) is 0 Å². The maximum absolute atomic E-state index is 4.12. The quantitative estimate of drug-likeness (QED) is 0.343. The number of nitrogens with zero attached hydrogens (tertiary/aromatic N) is 2. The Bertz CT molecular complexity index is 592. The predicted octanol–water partition coefficient (Wildman–Crippen LogP) is 5.28. The third-order valence-electron chi connectivity index (χ3n) is 2.95. The van der Waals surface area contributed by atoms with Crippen LogP contribution >= 0.6 is 22.7 Å². The van der Waals surface area contributed by atoms with Crippen LogP contribution < -0.4 is 0 Å². The Morgan fingerprint density at radius 3 is 1.48 bits per heavy atom. The van der Waals surface area contributed by atoms with Crippen LogP contribution in [-0.2, 0) is 99.3 Å². The monoisotopic (exact) mass is 664 g/mol. The summed E-state index contributed by atoms with van der Waals surface area (Å²) in [5.41, 5.74) is 5.02. The Hall–Kier alpha value is 1.64. The van der Waals surface area contributed by atoms with Crippen LogP contribution in [0.2, 0.25) is 0 Å². The maximum Gasteiger partial charge on any atom is 2.00 e. The summed E-state index contributed by atoms with van der Waals surface area (Å²) in [5, 5.41) is 4.32. The Morgan fingerprint density at radius 1 is 0.826 bits per heavy atom. The van der Waals surface area contributed by atoms with E-state index < -0.39 is 0 Å². The Kier molecular flexibility index (Phi) is 17.6. The molecule has 0 aromatic carbocycles. The van der Waals surface area contributed by atoms with Gasteiger partial charge in [-0.2, -0.15) is 35.1 Å². The van der Waals surface area contributed by atoms with E-state index in [1.54, 1.807) is 22.7 Å². The molecule has 0 aliphatic carbocycles. The summed E-state index contributed by atoms with van der Waals surface area (Å²) in [4.78, 5) is 10.9. The zero-order chi connectivity index (χ0) is 12.5. The van der Waals surface area contributed by atoms with Gasteiger partial charge in [-0.1, -0.05) is 34.0 Å². The average molecular weight is 664 g/mol. The summed E-state index contributed by atoms with van der Waals surface area (Å²) in [6.07, 6.45) is 7.71. The molecule has 0 unspecified atom stereocenters. The number of rotatable bonds is 0. The van der Waals surface area contributed by atoms with Crippen molar-refractivity contribution in [1.82, 2.24) is 0 Å². The van der Waals surface area contributed by atoms with E-state index in [2.05, 4.69) is 47.0 Å². The molecule has 0 spiro atoms. The molecule has 2 aliphatic rings. The van der Waals surface area contributed by atoms with Crippen molar-refractivity contribution in [2.45, 2.75) is 26.7 Å². The normalized spacial score (nSPS) is 11.2. The largest absolute Gasteiger partial charge is 2.00 e. The zero-order valence-corrected chi connectivity index (χ0v) is 24.1. The van der Waals surface area contributed by atoms with Gasteiger partial charge in [0, 0.05) is 65.4 Å². The minimum absolute atomic E-state index is 0. The van der Waals surface area contributed by atoms with Crippen molar-refractivity contribution in [3.05, 3.63) is 46.5 Å². The zero-order valence-electron chi connectivity index (χ0n) is 13.8. The topological polar surface area (TPSA) is 24.7 Å². The van der Waals surface area contributed by atoms with Crippen LogP contribution in [0.15, 0.2) is 20.7 Å². The van der Waals surface area contributed by atoms with Gasteiger partial charge in [-0.15, -0.1) is 11.1 Å². The van der Waals surface area contributed by atoms with Crippen LogP contribution in [-0.4, -0.2) is 12.4 Å². The molecule has 7 heteroatoms. The number of hydrogen-bond acceptors (Lipinski definition) is 4. The van der Waals surface area contributed by atoms with Crippen molar-refractivity contribution >= 4 is 46.5 Å². The standard InChI is InChI=1S/2C7H6NS.2CH3.W.2Y/c2*1-5-7-6(4-9-5)2-3-8-7;;;;;/h2*4H,2H2,1H3;2*1H3;;;/q4*-1;+2;;. The fraction of sp³-hybridized carbons (Fsp3) is 0.250. The molecule has 0 saturated heterocycles. The molecule has 2 aliphatic heterocycles. The number of thiophene rings is 2. The molecule has 2 aromatic heterocycles. The average Bonchev–Trinajstić information content (AvgIpc) is 3.06. The SMILES string of the molecule is Cc1scc2c1N=[C-]C2.Cc1scc2c1N=[C-]C2.[CH3-].[CH3-].[W+2].[Y].[Y]. The number of fused-ring (bicyclic) bond motifs is 2. The van der Waals surface area contributed by atoms with E-state index in [-0.39, 0.29) is 101 Å². The van der Waals surface area contributed by atoms with Gasteiger partial charge < -0.3 is 24.8 Å². The molecule has 0 amide bonds. The first kappa shape index (κ1) is 29.4. The first-order valence-corrected chi connectivity index (χ1v) is 7.52.